The van der Waals surface area contributed by atoms with Crippen LogP contribution >= 0.6 is 11.3 Å². The second kappa shape index (κ2) is 11.3. The van der Waals surface area contributed by atoms with Crippen LogP contribution in [0.4, 0.5) is 5.82 Å². The first kappa shape index (κ1) is 25.3. The fourth-order valence-corrected chi connectivity index (χ4v) is 6.24. The summed E-state index contributed by atoms with van der Waals surface area (Å²) in [5.41, 5.74) is 1.31. The minimum atomic E-state index is 0.241. The van der Waals surface area contributed by atoms with Gasteiger partial charge in [0.25, 0.3) is 0 Å². The minimum Gasteiger partial charge on any atom is -0.355 e. The van der Waals surface area contributed by atoms with Gasteiger partial charge in [-0.3, -0.25) is 14.6 Å². The van der Waals surface area contributed by atoms with Gasteiger partial charge in [0.2, 0.25) is 5.91 Å². The van der Waals surface area contributed by atoms with Crippen molar-refractivity contribution < 1.29 is 4.79 Å². The Kier molecular flexibility index (Phi) is 8.43. The third kappa shape index (κ3) is 5.71. The SMILES string of the molecule is CCN(CC)C(=O)CN1CCCN(c2nc(CN3CCC(C)CC3)nc3sc(C)c(C)c23)CC1. The maximum atomic E-state index is 12.7. The standard InChI is InChI=1S/C26H42N6OS/c1-6-31(7-2)23(33)18-29-11-8-12-32(16-15-29)25-24-20(4)21(5)34-26(24)28-22(27-25)17-30-13-9-19(3)10-14-30/h19H,6-18H2,1-5H3. The van der Waals surface area contributed by atoms with Crippen molar-refractivity contribution in [3.8, 4) is 0 Å². The second-order valence-electron chi connectivity index (χ2n) is 10.1. The van der Waals surface area contributed by atoms with Gasteiger partial charge in [0.1, 0.15) is 16.5 Å². The Morgan fingerprint density at radius 1 is 1.00 bits per heavy atom. The highest BCUT2D eigenvalue weighted by atomic mass is 32.1. The van der Waals surface area contributed by atoms with Crippen molar-refractivity contribution in [2.75, 3.05) is 63.8 Å². The summed E-state index contributed by atoms with van der Waals surface area (Å²) in [6.07, 6.45) is 3.57. The van der Waals surface area contributed by atoms with Crippen LogP contribution in [0.25, 0.3) is 10.2 Å². The quantitative estimate of drug-likeness (QED) is 0.591. The molecule has 8 heteroatoms. The molecule has 0 radical (unpaired) electrons. The van der Waals surface area contributed by atoms with E-state index < -0.39 is 0 Å². The monoisotopic (exact) mass is 486 g/mol. The van der Waals surface area contributed by atoms with E-state index in [2.05, 4.69) is 49.3 Å². The van der Waals surface area contributed by atoms with Crippen molar-refractivity contribution in [3.63, 3.8) is 0 Å². The molecule has 7 nitrogen and oxygen atoms in total. The number of likely N-dealkylation sites (tertiary alicyclic amines) is 1. The van der Waals surface area contributed by atoms with Gasteiger partial charge in [-0.2, -0.15) is 0 Å². The van der Waals surface area contributed by atoms with E-state index in [1.807, 2.05) is 4.90 Å². The lowest BCUT2D eigenvalue weighted by Gasteiger charge is -2.30. The predicted octanol–water partition coefficient (Wildman–Crippen LogP) is 3.92. The Balaban J connectivity index is 1.53. The summed E-state index contributed by atoms with van der Waals surface area (Å²) >= 11 is 1.80. The zero-order valence-corrected chi connectivity index (χ0v) is 22.6. The number of amides is 1. The highest BCUT2D eigenvalue weighted by Gasteiger charge is 2.25. The number of anilines is 1. The van der Waals surface area contributed by atoms with Gasteiger partial charge in [-0.15, -0.1) is 11.3 Å². The van der Waals surface area contributed by atoms with E-state index >= 15 is 0 Å². The normalized spacial score (nSPS) is 19.0. The van der Waals surface area contributed by atoms with Crippen LogP contribution in [-0.2, 0) is 11.3 Å². The smallest absolute Gasteiger partial charge is 0.236 e. The number of rotatable bonds is 7. The van der Waals surface area contributed by atoms with Gasteiger partial charge in [-0.05, 0) is 71.5 Å². The lowest BCUT2D eigenvalue weighted by molar-refractivity contribution is -0.132. The first-order valence-corrected chi connectivity index (χ1v) is 13.9. The largest absolute Gasteiger partial charge is 0.355 e. The Labute approximate surface area is 209 Å². The number of hydrogen-bond acceptors (Lipinski definition) is 7. The molecule has 188 valence electrons. The Hall–Kier alpha value is -1.77. The minimum absolute atomic E-state index is 0.241. The van der Waals surface area contributed by atoms with Gasteiger partial charge in [0.15, 0.2) is 0 Å². The average Bonchev–Trinajstić information content (AvgIpc) is 2.97. The van der Waals surface area contributed by atoms with Gasteiger partial charge < -0.3 is 9.80 Å². The predicted molar refractivity (Wildman–Crippen MR) is 142 cm³/mol. The molecule has 2 aliphatic rings. The van der Waals surface area contributed by atoms with E-state index in [9.17, 15) is 4.79 Å². The molecule has 34 heavy (non-hydrogen) atoms. The van der Waals surface area contributed by atoms with Crippen LogP contribution < -0.4 is 4.90 Å². The molecule has 2 saturated heterocycles. The molecule has 0 aromatic carbocycles. The molecule has 0 bridgehead atoms. The Morgan fingerprint density at radius 3 is 2.44 bits per heavy atom. The fraction of sp³-hybridized carbons (Fsp3) is 0.731. The molecule has 2 fully saturated rings. The van der Waals surface area contributed by atoms with E-state index in [0.29, 0.717) is 6.54 Å². The molecule has 0 aliphatic carbocycles. The molecule has 0 saturated carbocycles. The summed E-state index contributed by atoms with van der Waals surface area (Å²) in [5, 5.41) is 1.23. The highest BCUT2D eigenvalue weighted by Crippen LogP contribution is 2.35. The van der Waals surface area contributed by atoms with Gasteiger partial charge in [-0.1, -0.05) is 6.92 Å². The molecule has 0 atom stereocenters. The number of nitrogens with zero attached hydrogens (tertiary/aromatic N) is 6. The Bertz CT molecular complexity index is 979. The maximum Gasteiger partial charge on any atom is 0.236 e. The number of aromatic nitrogens is 2. The molecule has 0 unspecified atom stereocenters. The molecule has 4 heterocycles. The summed E-state index contributed by atoms with van der Waals surface area (Å²) in [7, 11) is 0. The van der Waals surface area contributed by atoms with Crippen molar-refractivity contribution in [2.45, 2.75) is 60.4 Å². The third-order valence-corrected chi connectivity index (χ3v) is 8.76. The average molecular weight is 487 g/mol. The van der Waals surface area contributed by atoms with E-state index in [1.165, 1.54) is 28.7 Å². The topological polar surface area (TPSA) is 55.8 Å². The third-order valence-electron chi connectivity index (χ3n) is 7.66. The van der Waals surface area contributed by atoms with Crippen molar-refractivity contribution in [3.05, 3.63) is 16.3 Å². The second-order valence-corrected chi connectivity index (χ2v) is 11.3. The van der Waals surface area contributed by atoms with Gasteiger partial charge in [0.05, 0.1) is 18.5 Å². The number of carbonyl (C=O) groups is 1. The lowest BCUT2D eigenvalue weighted by Crippen LogP contribution is -2.41. The first-order chi connectivity index (χ1) is 16.4. The van der Waals surface area contributed by atoms with Crippen LogP contribution in [-0.4, -0.2) is 89.5 Å². The van der Waals surface area contributed by atoms with E-state index in [1.54, 1.807) is 11.3 Å². The van der Waals surface area contributed by atoms with Gasteiger partial charge in [0, 0.05) is 44.1 Å². The van der Waals surface area contributed by atoms with Crippen LogP contribution in [0.3, 0.4) is 0 Å². The summed E-state index contributed by atoms with van der Waals surface area (Å²) < 4.78 is 0. The van der Waals surface area contributed by atoms with E-state index in [0.717, 1.165) is 87.7 Å². The van der Waals surface area contributed by atoms with Gasteiger partial charge >= 0.3 is 0 Å². The maximum absolute atomic E-state index is 12.7. The van der Waals surface area contributed by atoms with E-state index in [-0.39, 0.29) is 5.91 Å². The molecule has 0 spiro atoms. The molecule has 2 aromatic heterocycles. The molecule has 2 aromatic rings. The van der Waals surface area contributed by atoms with Crippen molar-refractivity contribution in [1.82, 2.24) is 24.7 Å². The highest BCUT2D eigenvalue weighted by molar-refractivity contribution is 7.18. The summed E-state index contributed by atoms with van der Waals surface area (Å²) in [5.74, 6) is 3.12. The van der Waals surface area contributed by atoms with Crippen LogP contribution in [0, 0.1) is 19.8 Å². The number of thiophene rings is 1. The van der Waals surface area contributed by atoms with Crippen molar-refractivity contribution >= 4 is 33.3 Å². The number of aryl methyl sites for hydroxylation is 2. The Morgan fingerprint density at radius 2 is 1.74 bits per heavy atom. The number of carbonyl (C=O) groups excluding carboxylic acids is 1. The van der Waals surface area contributed by atoms with Crippen molar-refractivity contribution in [1.29, 1.82) is 0 Å². The van der Waals surface area contributed by atoms with E-state index in [4.69, 9.17) is 9.97 Å². The number of likely N-dealkylation sites (N-methyl/N-ethyl adjacent to an activating group) is 1. The molecule has 1 amide bonds. The zero-order chi connectivity index (χ0) is 24.2. The fourth-order valence-electron chi connectivity index (χ4n) is 5.20. The molecular weight excluding hydrogens is 444 g/mol. The molecule has 2 aliphatic heterocycles. The number of hydrogen-bond donors (Lipinski definition) is 0. The molecular formula is C26H42N6OS. The number of fused-ring (bicyclic) bond motifs is 1. The number of piperidine rings is 1. The van der Waals surface area contributed by atoms with Crippen LogP contribution in [0.15, 0.2) is 0 Å². The summed E-state index contributed by atoms with van der Waals surface area (Å²) in [4.78, 5) is 34.5. The molecule has 4 rings (SSSR count). The van der Waals surface area contributed by atoms with Crippen molar-refractivity contribution in [2.24, 2.45) is 5.92 Å². The van der Waals surface area contributed by atoms with Crippen LogP contribution in [0.2, 0.25) is 0 Å². The summed E-state index contributed by atoms with van der Waals surface area (Å²) in [6, 6.07) is 0. The molecule has 0 N–H and O–H groups in total. The summed E-state index contributed by atoms with van der Waals surface area (Å²) in [6.45, 7) is 19.8. The zero-order valence-electron chi connectivity index (χ0n) is 21.8. The van der Waals surface area contributed by atoms with Crippen LogP contribution in [0.5, 0.6) is 0 Å². The first-order valence-electron chi connectivity index (χ1n) is 13.1. The van der Waals surface area contributed by atoms with Crippen LogP contribution in [0.1, 0.15) is 56.3 Å². The van der Waals surface area contributed by atoms with Gasteiger partial charge in [-0.25, -0.2) is 9.97 Å². The lowest BCUT2D eigenvalue weighted by atomic mass is 9.99.